The summed E-state index contributed by atoms with van der Waals surface area (Å²) in [6, 6.07) is 0. The summed E-state index contributed by atoms with van der Waals surface area (Å²) < 4.78 is 0. The zero-order chi connectivity index (χ0) is 12.9. The summed E-state index contributed by atoms with van der Waals surface area (Å²) in [7, 11) is 0. The number of aromatic nitrogens is 2. The molecule has 1 aromatic rings. The van der Waals surface area contributed by atoms with Crippen LogP contribution in [0.4, 0.5) is 0 Å². The van der Waals surface area contributed by atoms with Gasteiger partial charge < -0.3 is 11.1 Å². The number of nitrogens with one attached hydrogen (secondary N) is 1. The fourth-order valence-electron chi connectivity index (χ4n) is 1.36. The number of carbonyl (C=O) groups is 1. The lowest BCUT2D eigenvalue weighted by Gasteiger charge is -2.26. The zero-order valence-corrected chi connectivity index (χ0v) is 13.1. The van der Waals surface area contributed by atoms with Gasteiger partial charge in [0.25, 0.3) is 5.91 Å². The van der Waals surface area contributed by atoms with Gasteiger partial charge >= 0.3 is 0 Å². The maximum Gasteiger partial charge on any atom is 0.271 e. The largest absolute Gasteiger partial charge is 0.349 e. The van der Waals surface area contributed by atoms with Crippen molar-refractivity contribution in [2.45, 2.75) is 39.2 Å². The number of rotatable bonds is 5. The summed E-state index contributed by atoms with van der Waals surface area (Å²) in [5.41, 5.74) is 6.87. The molecule has 0 aromatic carbocycles. The average molecular weight is 309 g/mol. The summed E-state index contributed by atoms with van der Waals surface area (Å²) in [6.07, 6.45) is 4.69. The Labute approximate surface area is 126 Å². The number of aryl methyl sites for hydroxylation is 1. The third kappa shape index (κ3) is 6.18. The molecule has 1 heterocycles. The molecule has 0 saturated carbocycles. The van der Waals surface area contributed by atoms with Crippen LogP contribution in [-0.4, -0.2) is 28.0 Å². The molecule has 0 aliphatic heterocycles. The van der Waals surface area contributed by atoms with E-state index in [4.69, 9.17) is 5.73 Å². The number of nitrogens with two attached hydrogens (primary N) is 1. The molecule has 0 unspecified atom stereocenters. The highest BCUT2D eigenvalue weighted by atomic mass is 35.5. The van der Waals surface area contributed by atoms with Gasteiger partial charge in [0.05, 0.1) is 11.9 Å². The van der Waals surface area contributed by atoms with Crippen molar-refractivity contribution in [2.75, 3.05) is 6.54 Å². The molecule has 110 valence electrons. The molecule has 0 aliphatic rings. The topological polar surface area (TPSA) is 80.9 Å². The van der Waals surface area contributed by atoms with Crippen LogP contribution in [0, 0.1) is 6.92 Å². The Morgan fingerprint density at radius 1 is 1.26 bits per heavy atom. The quantitative estimate of drug-likeness (QED) is 0.870. The summed E-state index contributed by atoms with van der Waals surface area (Å²) in [6.45, 7) is 6.31. The van der Waals surface area contributed by atoms with Gasteiger partial charge in [-0.1, -0.05) is 13.8 Å². The van der Waals surface area contributed by atoms with E-state index in [-0.39, 0.29) is 36.3 Å². The molecule has 7 heteroatoms. The first-order valence-electron chi connectivity index (χ1n) is 5.86. The van der Waals surface area contributed by atoms with E-state index in [1.165, 1.54) is 6.20 Å². The second-order valence-electron chi connectivity index (χ2n) is 4.30. The van der Waals surface area contributed by atoms with E-state index in [2.05, 4.69) is 15.3 Å². The molecule has 1 aromatic heterocycles. The predicted molar refractivity (Wildman–Crippen MR) is 81.1 cm³/mol. The molecule has 1 rings (SSSR count). The average Bonchev–Trinajstić information content (AvgIpc) is 2.36. The standard InChI is InChI=1S/C12H20N4O.2ClH/c1-4-12(13,5-2)8-16-11(17)10-7-14-9(3)6-15-10;;/h6-7H,4-5,8,13H2,1-3H3,(H,16,17);2*1H. The molecule has 0 aliphatic carbocycles. The van der Waals surface area contributed by atoms with Crippen LogP contribution in [0.5, 0.6) is 0 Å². The minimum absolute atomic E-state index is 0. The van der Waals surface area contributed by atoms with Gasteiger partial charge in [0.1, 0.15) is 5.69 Å². The Morgan fingerprint density at radius 3 is 2.26 bits per heavy atom. The maximum absolute atomic E-state index is 11.8. The molecule has 1 amide bonds. The van der Waals surface area contributed by atoms with Crippen LogP contribution < -0.4 is 11.1 Å². The molecule has 0 bridgehead atoms. The van der Waals surface area contributed by atoms with Gasteiger partial charge in [0.15, 0.2) is 0 Å². The molecule has 0 saturated heterocycles. The minimum atomic E-state index is -0.339. The molecular weight excluding hydrogens is 287 g/mol. The summed E-state index contributed by atoms with van der Waals surface area (Å²) in [5, 5.41) is 2.79. The van der Waals surface area contributed by atoms with Gasteiger partial charge in [-0.3, -0.25) is 9.78 Å². The van der Waals surface area contributed by atoms with E-state index in [0.717, 1.165) is 18.5 Å². The van der Waals surface area contributed by atoms with Crippen LogP contribution >= 0.6 is 24.8 Å². The van der Waals surface area contributed by atoms with Crippen molar-refractivity contribution in [1.82, 2.24) is 15.3 Å². The van der Waals surface area contributed by atoms with E-state index >= 15 is 0 Å². The minimum Gasteiger partial charge on any atom is -0.349 e. The number of hydrogen-bond acceptors (Lipinski definition) is 4. The van der Waals surface area contributed by atoms with Gasteiger partial charge in [-0.15, -0.1) is 24.8 Å². The molecule has 0 atom stereocenters. The highest BCUT2D eigenvalue weighted by Gasteiger charge is 2.21. The van der Waals surface area contributed by atoms with Crippen LogP contribution in [-0.2, 0) is 0 Å². The van der Waals surface area contributed by atoms with Crippen LogP contribution in [0.2, 0.25) is 0 Å². The predicted octanol–water partition coefficient (Wildman–Crippen LogP) is 1.88. The Bertz CT molecular complexity index is 380. The van der Waals surface area contributed by atoms with Gasteiger partial charge in [-0.25, -0.2) is 4.98 Å². The Hall–Kier alpha value is -0.910. The van der Waals surface area contributed by atoms with Gasteiger partial charge in [0.2, 0.25) is 0 Å². The van der Waals surface area contributed by atoms with E-state index in [9.17, 15) is 4.79 Å². The van der Waals surface area contributed by atoms with Gasteiger partial charge in [-0.05, 0) is 19.8 Å². The summed E-state index contributed by atoms with van der Waals surface area (Å²) >= 11 is 0. The van der Waals surface area contributed by atoms with E-state index < -0.39 is 0 Å². The van der Waals surface area contributed by atoms with Crippen LogP contribution in [0.25, 0.3) is 0 Å². The first-order valence-corrected chi connectivity index (χ1v) is 5.86. The van der Waals surface area contributed by atoms with Gasteiger partial charge in [-0.2, -0.15) is 0 Å². The third-order valence-corrected chi connectivity index (χ3v) is 3.02. The van der Waals surface area contributed by atoms with Crippen molar-refractivity contribution >= 4 is 30.7 Å². The fourth-order valence-corrected chi connectivity index (χ4v) is 1.36. The monoisotopic (exact) mass is 308 g/mol. The first kappa shape index (κ1) is 20.4. The molecule has 5 nitrogen and oxygen atoms in total. The lowest BCUT2D eigenvalue weighted by Crippen LogP contribution is -2.49. The van der Waals surface area contributed by atoms with Gasteiger partial charge in [0, 0.05) is 18.3 Å². The van der Waals surface area contributed by atoms with Crippen molar-refractivity contribution < 1.29 is 4.79 Å². The second-order valence-corrected chi connectivity index (χ2v) is 4.30. The van der Waals surface area contributed by atoms with Crippen molar-refractivity contribution in [3.05, 3.63) is 23.8 Å². The maximum atomic E-state index is 11.8. The zero-order valence-electron chi connectivity index (χ0n) is 11.5. The lowest BCUT2D eigenvalue weighted by atomic mass is 9.94. The van der Waals surface area contributed by atoms with Crippen molar-refractivity contribution in [3.8, 4) is 0 Å². The number of amides is 1. The van der Waals surface area contributed by atoms with E-state index in [1.54, 1.807) is 6.20 Å². The highest BCUT2D eigenvalue weighted by molar-refractivity contribution is 5.91. The van der Waals surface area contributed by atoms with Crippen LogP contribution in [0.15, 0.2) is 12.4 Å². The van der Waals surface area contributed by atoms with Crippen LogP contribution in [0.3, 0.4) is 0 Å². The Balaban J connectivity index is 0. The molecule has 0 spiro atoms. The SMILES string of the molecule is CCC(N)(CC)CNC(=O)c1cnc(C)cn1.Cl.Cl. The van der Waals surface area contributed by atoms with Crippen molar-refractivity contribution in [1.29, 1.82) is 0 Å². The highest BCUT2D eigenvalue weighted by Crippen LogP contribution is 2.09. The van der Waals surface area contributed by atoms with Crippen molar-refractivity contribution in [3.63, 3.8) is 0 Å². The molecule has 19 heavy (non-hydrogen) atoms. The summed E-state index contributed by atoms with van der Waals surface area (Å²) in [4.78, 5) is 19.8. The lowest BCUT2D eigenvalue weighted by molar-refractivity contribution is 0.0936. The third-order valence-electron chi connectivity index (χ3n) is 3.02. The van der Waals surface area contributed by atoms with Crippen molar-refractivity contribution in [2.24, 2.45) is 5.73 Å². The van der Waals surface area contributed by atoms with Crippen LogP contribution in [0.1, 0.15) is 42.9 Å². The number of carbonyl (C=O) groups excluding carboxylic acids is 1. The molecule has 0 fully saturated rings. The second kappa shape index (κ2) is 9.07. The Morgan fingerprint density at radius 2 is 1.84 bits per heavy atom. The number of hydrogen-bond donors (Lipinski definition) is 2. The molecule has 0 radical (unpaired) electrons. The number of halogens is 2. The van der Waals surface area contributed by atoms with E-state index in [1.807, 2.05) is 20.8 Å². The molecular formula is C12H22Cl2N4O. The summed E-state index contributed by atoms with van der Waals surface area (Å²) in [5.74, 6) is -0.228. The fraction of sp³-hybridized carbons (Fsp3) is 0.583. The normalized spacial score (nSPS) is 10.1. The molecule has 3 N–H and O–H groups in total. The number of nitrogens with zero attached hydrogens (tertiary/aromatic N) is 2. The smallest absolute Gasteiger partial charge is 0.271 e. The first-order chi connectivity index (χ1) is 8.00. The Kier molecular flexibility index (Phi) is 9.74. The van der Waals surface area contributed by atoms with E-state index in [0.29, 0.717) is 12.2 Å².